The van der Waals surface area contributed by atoms with Gasteiger partial charge in [-0.15, -0.1) is 11.3 Å². The second kappa shape index (κ2) is 7.05. The SMILES string of the molecule is CCCS(=O)(=O)NC[C@H](C)NCc1cscn1. The van der Waals surface area contributed by atoms with Crippen LogP contribution in [0.2, 0.25) is 0 Å². The number of aromatic nitrogens is 1. The minimum absolute atomic E-state index is 0.0864. The topological polar surface area (TPSA) is 71.1 Å². The van der Waals surface area contributed by atoms with Gasteiger partial charge in [-0.1, -0.05) is 6.92 Å². The molecule has 0 fully saturated rings. The Morgan fingerprint density at radius 3 is 2.88 bits per heavy atom. The van der Waals surface area contributed by atoms with Gasteiger partial charge >= 0.3 is 0 Å². The van der Waals surface area contributed by atoms with E-state index >= 15 is 0 Å². The number of sulfonamides is 1. The van der Waals surface area contributed by atoms with Crippen LogP contribution in [0.3, 0.4) is 0 Å². The smallest absolute Gasteiger partial charge is 0.211 e. The van der Waals surface area contributed by atoms with Crippen LogP contribution in [-0.4, -0.2) is 31.7 Å². The Labute approximate surface area is 107 Å². The molecule has 0 radical (unpaired) electrons. The van der Waals surface area contributed by atoms with Crippen LogP contribution in [0.4, 0.5) is 0 Å². The summed E-state index contributed by atoms with van der Waals surface area (Å²) in [6.45, 7) is 4.87. The molecule has 1 atom stereocenters. The molecule has 2 N–H and O–H groups in total. The van der Waals surface area contributed by atoms with Crippen LogP contribution >= 0.6 is 11.3 Å². The van der Waals surface area contributed by atoms with Crippen molar-refractivity contribution in [1.82, 2.24) is 15.0 Å². The fourth-order valence-corrected chi connectivity index (χ4v) is 3.01. The van der Waals surface area contributed by atoms with Crippen molar-refractivity contribution in [3.8, 4) is 0 Å². The van der Waals surface area contributed by atoms with E-state index in [-0.39, 0.29) is 11.8 Å². The van der Waals surface area contributed by atoms with E-state index in [4.69, 9.17) is 0 Å². The fourth-order valence-electron chi connectivity index (χ4n) is 1.27. The molecule has 1 aromatic rings. The first-order valence-corrected chi connectivity index (χ1v) is 8.21. The Bertz CT molecular complexity index is 403. The van der Waals surface area contributed by atoms with Gasteiger partial charge in [0.1, 0.15) is 0 Å². The number of thiazole rings is 1. The zero-order chi connectivity index (χ0) is 12.7. The number of hydrogen-bond donors (Lipinski definition) is 2. The van der Waals surface area contributed by atoms with E-state index in [0.29, 0.717) is 19.5 Å². The van der Waals surface area contributed by atoms with Crippen LogP contribution in [0.5, 0.6) is 0 Å². The Morgan fingerprint density at radius 2 is 2.29 bits per heavy atom. The van der Waals surface area contributed by atoms with Crippen molar-refractivity contribution in [2.75, 3.05) is 12.3 Å². The molecule has 7 heteroatoms. The van der Waals surface area contributed by atoms with Gasteiger partial charge in [-0.2, -0.15) is 0 Å². The van der Waals surface area contributed by atoms with Crippen LogP contribution in [0.15, 0.2) is 10.9 Å². The molecule has 0 aromatic carbocycles. The molecule has 0 amide bonds. The molecular formula is C10H19N3O2S2. The van der Waals surface area contributed by atoms with Gasteiger partial charge in [0, 0.05) is 24.5 Å². The van der Waals surface area contributed by atoms with Crippen LogP contribution in [0, 0.1) is 0 Å². The van der Waals surface area contributed by atoms with Crippen molar-refractivity contribution in [3.05, 3.63) is 16.6 Å². The third kappa shape index (κ3) is 6.11. The summed E-state index contributed by atoms with van der Waals surface area (Å²) in [5.41, 5.74) is 2.77. The normalized spacial score (nSPS) is 13.8. The van der Waals surface area contributed by atoms with Gasteiger partial charge in [-0.25, -0.2) is 18.1 Å². The Kier molecular flexibility index (Phi) is 6.04. The summed E-state index contributed by atoms with van der Waals surface area (Å²) >= 11 is 1.55. The van der Waals surface area contributed by atoms with E-state index in [1.165, 1.54) is 0 Å². The van der Waals surface area contributed by atoms with Crippen molar-refractivity contribution in [1.29, 1.82) is 0 Å². The molecule has 0 aliphatic rings. The summed E-state index contributed by atoms with van der Waals surface area (Å²) in [4.78, 5) is 4.14. The zero-order valence-electron chi connectivity index (χ0n) is 10.1. The van der Waals surface area contributed by atoms with Gasteiger partial charge in [0.05, 0.1) is 17.0 Å². The van der Waals surface area contributed by atoms with E-state index in [9.17, 15) is 8.42 Å². The molecule has 0 saturated heterocycles. The van der Waals surface area contributed by atoms with Gasteiger partial charge in [0.25, 0.3) is 0 Å². The maximum Gasteiger partial charge on any atom is 0.211 e. The van der Waals surface area contributed by atoms with Crippen molar-refractivity contribution < 1.29 is 8.42 Å². The molecule has 0 unspecified atom stereocenters. The Balaban J connectivity index is 2.23. The van der Waals surface area contributed by atoms with Crippen LogP contribution in [-0.2, 0) is 16.6 Å². The highest BCUT2D eigenvalue weighted by atomic mass is 32.2. The van der Waals surface area contributed by atoms with Crippen LogP contribution in [0.25, 0.3) is 0 Å². The standard InChI is InChI=1S/C10H19N3O2S2/c1-3-4-17(14,15)13-5-9(2)11-6-10-7-16-8-12-10/h7-9,11,13H,3-6H2,1-2H3/t9-/m0/s1. The van der Waals surface area contributed by atoms with Crippen molar-refractivity contribution >= 4 is 21.4 Å². The largest absolute Gasteiger partial charge is 0.307 e. The highest BCUT2D eigenvalue weighted by Crippen LogP contribution is 2.00. The average molecular weight is 277 g/mol. The molecule has 1 heterocycles. The first-order chi connectivity index (χ1) is 8.03. The lowest BCUT2D eigenvalue weighted by Crippen LogP contribution is -2.39. The molecule has 0 spiro atoms. The molecule has 5 nitrogen and oxygen atoms in total. The third-order valence-electron chi connectivity index (χ3n) is 2.20. The minimum atomic E-state index is -3.10. The highest BCUT2D eigenvalue weighted by molar-refractivity contribution is 7.89. The van der Waals surface area contributed by atoms with Crippen LogP contribution < -0.4 is 10.0 Å². The number of rotatable bonds is 8. The lowest BCUT2D eigenvalue weighted by atomic mass is 10.3. The predicted octanol–water partition coefficient (Wildman–Crippen LogP) is 0.951. The number of nitrogens with one attached hydrogen (secondary N) is 2. The summed E-state index contributed by atoms with van der Waals surface area (Å²) in [6.07, 6.45) is 0.635. The van der Waals surface area contributed by atoms with Gasteiger partial charge in [0.2, 0.25) is 10.0 Å². The first-order valence-electron chi connectivity index (χ1n) is 5.61. The molecule has 1 rings (SSSR count). The van der Waals surface area contributed by atoms with E-state index < -0.39 is 10.0 Å². The Hall–Kier alpha value is -0.500. The monoisotopic (exact) mass is 277 g/mol. The maximum atomic E-state index is 11.4. The Morgan fingerprint density at radius 1 is 1.53 bits per heavy atom. The molecule has 0 bridgehead atoms. The van der Waals surface area contributed by atoms with Crippen molar-refractivity contribution in [3.63, 3.8) is 0 Å². The van der Waals surface area contributed by atoms with E-state index in [1.54, 1.807) is 16.8 Å². The average Bonchev–Trinajstić information content (AvgIpc) is 2.76. The molecular weight excluding hydrogens is 258 g/mol. The minimum Gasteiger partial charge on any atom is -0.307 e. The maximum absolute atomic E-state index is 11.4. The lowest BCUT2D eigenvalue weighted by molar-refractivity contribution is 0.521. The predicted molar refractivity (Wildman–Crippen MR) is 70.5 cm³/mol. The molecule has 0 aliphatic carbocycles. The summed E-state index contributed by atoms with van der Waals surface area (Å²) in [5, 5.41) is 5.19. The molecule has 0 saturated carbocycles. The molecule has 0 aliphatic heterocycles. The van der Waals surface area contributed by atoms with E-state index in [2.05, 4.69) is 15.0 Å². The third-order valence-corrected chi connectivity index (χ3v) is 4.38. The lowest BCUT2D eigenvalue weighted by Gasteiger charge is -2.13. The zero-order valence-corrected chi connectivity index (χ0v) is 11.8. The summed E-state index contributed by atoms with van der Waals surface area (Å²) in [5.74, 6) is 0.186. The van der Waals surface area contributed by atoms with E-state index in [0.717, 1.165) is 5.69 Å². The molecule has 98 valence electrons. The molecule has 17 heavy (non-hydrogen) atoms. The first kappa shape index (κ1) is 14.6. The molecule has 1 aromatic heterocycles. The van der Waals surface area contributed by atoms with Crippen LogP contribution in [0.1, 0.15) is 26.0 Å². The van der Waals surface area contributed by atoms with E-state index in [1.807, 2.05) is 19.2 Å². The van der Waals surface area contributed by atoms with Gasteiger partial charge in [-0.3, -0.25) is 0 Å². The second-order valence-corrected chi connectivity index (χ2v) is 6.57. The van der Waals surface area contributed by atoms with Gasteiger partial charge in [-0.05, 0) is 13.3 Å². The summed E-state index contributed by atoms with van der Waals surface area (Å²) in [7, 11) is -3.10. The fraction of sp³-hybridized carbons (Fsp3) is 0.700. The highest BCUT2D eigenvalue weighted by Gasteiger charge is 2.10. The van der Waals surface area contributed by atoms with Crippen molar-refractivity contribution in [2.45, 2.75) is 32.9 Å². The summed E-state index contributed by atoms with van der Waals surface area (Å²) in [6, 6.07) is 0.0864. The second-order valence-electron chi connectivity index (χ2n) is 3.93. The number of hydrogen-bond acceptors (Lipinski definition) is 5. The van der Waals surface area contributed by atoms with Crippen molar-refractivity contribution in [2.24, 2.45) is 0 Å². The number of nitrogens with zero attached hydrogens (tertiary/aromatic N) is 1. The quantitative estimate of drug-likeness (QED) is 0.742. The van der Waals surface area contributed by atoms with Gasteiger partial charge in [0.15, 0.2) is 0 Å². The summed E-state index contributed by atoms with van der Waals surface area (Å²) < 4.78 is 25.4. The van der Waals surface area contributed by atoms with Gasteiger partial charge < -0.3 is 5.32 Å².